The van der Waals surface area contributed by atoms with Crippen molar-refractivity contribution in [3.8, 4) is 0 Å². The number of hydrogen-bond donors (Lipinski definition) is 0. The summed E-state index contributed by atoms with van der Waals surface area (Å²) in [6.07, 6.45) is 1.81. The van der Waals surface area contributed by atoms with E-state index in [2.05, 4.69) is 15.9 Å². The van der Waals surface area contributed by atoms with E-state index in [4.69, 9.17) is 9.47 Å². The first-order valence-electron chi connectivity index (χ1n) is 4.21. The summed E-state index contributed by atoms with van der Waals surface area (Å²) >= 11 is 3.37. The lowest BCUT2D eigenvalue weighted by Gasteiger charge is -2.13. The van der Waals surface area contributed by atoms with Gasteiger partial charge in [0.1, 0.15) is 0 Å². The summed E-state index contributed by atoms with van der Waals surface area (Å²) in [6, 6.07) is 0. The molecule has 0 aliphatic rings. The van der Waals surface area contributed by atoms with E-state index >= 15 is 0 Å². The van der Waals surface area contributed by atoms with Crippen LogP contribution >= 0.6 is 15.9 Å². The van der Waals surface area contributed by atoms with Gasteiger partial charge in [0.15, 0.2) is 6.29 Å². The summed E-state index contributed by atoms with van der Waals surface area (Å²) < 4.78 is 10.7. The van der Waals surface area contributed by atoms with Crippen molar-refractivity contribution in [2.75, 3.05) is 18.5 Å². The minimum absolute atomic E-state index is 0.183. The number of ether oxygens (including phenoxy) is 2. The predicted molar refractivity (Wildman–Crippen MR) is 54.6 cm³/mol. The number of hydrogen-bond acceptors (Lipinski definition) is 2. The quantitative estimate of drug-likeness (QED) is 0.401. The summed E-state index contributed by atoms with van der Waals surface area (Å²) in [5.41, 5.74) is 1.22. The lowest BCUT2D eigenvalue weighted by molar-refractivity contribution is -0.104. The van der Waals surface area contributed by atoms with Gasteiger partial charge in [-0.3, -0.25) is 0 Å². The van der Waals surface area contributed by atoms with E-state index in [1.165, 1.54) is 5.57 Å². The summed E-state index contributed by atoms with van der Waals surface area (Å²) in [6.45, 7) is 7.32. The zero-order valence-corrected chi connectivity index (χ0v) is 9.56. The van der Waals surface area contributed by atoms with E-state index in [0.29, 0.717) is 13.2 Å². The molecule has 0 aromatic rings. The smallest absolute Gasteiger partial charge is 0.177 e. The van der Waals surface area contributed by atoms with Crippen LogP contribution in [-0.2, 0) is 9.47 Å². The van der Waals surface area contributed by atoms with Gasteiger partial charge in [0, 0.05) is 18.5 Å². The topological polar surface area (TPSA) is 18.5 Å². The maximum Gasteiger partial charge on any atom is 0.177 e. The first-order chi connectivity index (χ1) is 5.74. The Hall–Kier alpha value is 0.140. The summed E-state index contributed by atoms with van der Waals surface area (Å²) in [7, 11) is 0. The molecular formula is C9H17BrO2. The molecule has 0 rings (SSSR count). The first-order valence-corrected chi connectivity index (χ1v) is 5.33. The second-order valence-corrected chi connectivity index (χ2v) is 2.99. The molecule has 0 aromatic carbocycles. The van der Waals surface area contributed by atoms with Crippen molar-refractivity contribution in [2.45, 2.75) is 27.1 Å². The summed E-state index contributed by atoms with van der Waals surface area (Å²) in [5, 5.41) is 0.865. The molecule has 0 aliphatic carbocycles. The van der Waals surface area contributed by atoms with Gasteiger partial charge >= 0.3 is 0 Å². The van der Waals surface area contributed by atoms with Gasteiger partial charge in [-0.1, -0.05) is 21.5 Å². The van der Waals surface area contributed by atoms with Crippen LogP contribution in [0, 0.1) is 0 Å². The third-order valence-electron chi connectivity index (χ3n) is 1.29. The van der Waals surface area contributed by atoms with Crippen molar-refractivity contribution in [1.82, 2.24) is 0 Å². The molecule has 0 aromatic heterocycles. The maximum atomic E-state index is 5.34. The second kappa shape index (κ2) is 7.77. The molecule has 72 valence electrons. The lowest BCUT2D eigenvalue weighted by Crippen LogP contribution is -2.15. The van der Waals surface area contributed by atoms with E-state index in [1.807, 2.05) is 26.8 Å². The van der Waals surface area contributed by atoms with Crippen LogP contribution < -0.4 is 0 Å². The third-order valence-corrected chi connectivity index (χ3v) is 2.18. The molecular weight excluding hydrogens is 220 g/mol. The van der Waals surface area contributed by atoms with E-state index in [0.717, 1.165) is 5.33 Å². The van der Waals surface area contributed by atoms with Crippen LogP contribution in [0.4, 0.5) is 0 Å². The van der Waals surface area contributed by atoms with Crippen molar-refractivity contribution < 1.29 is 9.47 Å². The van der Waals surface area contributed by atoms with Gasteiger partial charge in [-0.15, -0.1) is 0 Å². The SMILES string of the molecule is CCOC(/C=C(\C)CBr)OCC. The molecule has 0 atom stereocenters. The van der Waals surface area contributed by atoms with Crippen molar-refractivity contribution in [3.63, 3.8) is 0 Å². The molecule has 0 spiro atoms. The second-order valence-electron chi connectivity index (χ2n) is 2.43. The molecule has 0 fully saturated rings. The molecule has 0 amide bonds. The Kier molecular flexibility index (Phi) is 7.86. The molecule has 12 heavy (non-hydrogen) atoms. The Balaban J connectivity index is 3.92. The average Bonchev–Trinajstić information content (AvgIpc) is 2.05. The summed E-state index contributed by atoms with van der Waals surface area (Å²) in [5.74, 6) is 0. The normalized spacial score (nSPS) is 12.6. The third kappa shape index (κ3) is 5.75. The molecule has 3 heteroatoms. The zero-order valence-electron chi connectivity index (χ0n) is 7.97. The Labute approximate surface area is 83.1 Å². The van der Waals surface area contributed by atoms with Gasteiger partial charge in [-0.05, 0) is 26.8 Å². The fourth-order valence-corrected chi connectivity index (χ4v) is 0.937. The first kappa shape index (κ1) is 12.1. The number of alkyl halides is 1. The Morgan fingerprint density at radius 3 is 2.17 bits per heavy atom. The maximum absolute atomic E-state index is 5.34. The fourth-order valence-electron chi connectivity index (χ4n) is 0.750. The van der Waals surface area contributed by atoms with Crippen molar-refractivity contribution in [1.29, 1.82) is 0 Å². The van der Waals surface area contributed by atoms with Gasteiger partial charge in [0.05, 0.1) is 0 Å². The van der Waals surface area contributed by atoms with Crippen LogP contribution in [0.15, 0.2) is 11.6 Å². The minimum Gasteiger partial charge on any atom is -0.349 e. The Bertz CT molecular complexity index is 128. The molecule has 0 heterocycles. The van der Waals surface area contributed by atoms with Crippen molar-refractivity contribution >= 4 is 15.9 Å². The molecule has 0 unspecified atom stereocenters. The Morgan fingerprint density at radius 1 is 1.33 bits per heavy atom. The predicted octanol–water partition coefficient (Wildman–Crippen LogP) is 2.73. The highest BCUT2D eigenvalue weighted by molar-refractivity contribution is 9.09. The standard InChI is InChI=1S/C9H17BrO2/c1-4-11-9(12-5-2)6-8(3)7-10/h6,9H,4-5,7H2,1-3H3/b8-6+. The molecule has 2 nitrogen and oxygen atoms in total. The largest absolute Gasteiger partial charge is 0.349 e. The van der Waals surface area contributed by atoms with E-state index < -0.39 is 0 Å². The molecule has 0 bridgehead atoms. The van der Waals surface area contributed by atoms with Gasteiger partial charge < -0.3 is 9.47 Å². The van der Waals surface area contributed by atoms with E-state index in [1.54, 1.807) is 0 Å². The van der Waals surface area contributed by atoms with Gasteiger partial charge in [0.25, 0.3) is 0 Å². The van der Waals surface area contributed by atoms with Crippen LogP contribution in [0.5, 0.6) is 0 Å². The van der Waals surface area contributed by atoms with Gasteiger partial charge in [-0.2, -0.15) is 0 Å². The van der Waals surface area contributed by atoms with Crippen molar-refractivity contribution in [3.05, 3.63) is 11.6 Å². The highest BCUT2D eigenvalue weighted by Crippen LogP contribution is 2.04. The van der Waals surface area contributed by atoms with Crippen LogP contribution in [0.3, 0.4) is 0 Å². The van der Waals surface area contributed by atoms with E-state index in [9.17, 15) is 0 Å². The monoisotopic (exact) mass is 236 g/mol. The fraction of sp³-hybridized carbons (Fsp3) is 0.778. The molecule has 0 saturated heterocycles. The summed E-state index contributed by atoms with van der Waals surface area (Å²) in [4.78, 5) is 0. The van der Waals surface area contributed by atoms with Crippen LogP contribution in [0.25, 0.3) is 0 Å². The molecule has 0 saturated carbocycles. The van der Waals surface area contributed by atoms with E-state index in [-0.39, 0.29) is 6.29 Å². The van der Waals surface area contributed by atoms with Gasteiger partial charge in [0.2, 0.25) is 0 Å². The molecule has 0 radical (unpaired) electrons. The number of rotatable bonds is 6. The minimum atomic E-state index is -0.183. The molecule has 0 N–H and O–H groups in total. The highest BCUT2D eigenvalue weighted by atomic mass is 79.9. The Morgan fingerprint density at radius 2 is 1.83 bits per heavy atom. The van der Waals surface area contributed by atoms with Crippen LogP contribution in [0.2, 0.25) is 0 Å². The van der Waals surface area contributed by atoms with Crippen LogP contribution in [-0.4, -0.2) is 24.8 Å². The number of allylic oxidation sites excluding steroid dienone is 1. The highest BCUT2D eigenvalue weighted by Gasteiger charge is 2.02. The van der Waals surface area contributed by atoms with Gasteiger partial charge in [-0.25, -0.2) is 0 Å². The zero-order chi connectivity index (χ0) is 9.40. The van der Waals surface area contributed by atoms with Crippen LogP contribution in [0.1, 0.15) is 20.8 Å². The average molecular weight is 237 g/mol. The lowest BCUT2D eigenvalue weighted by atomic mass is 10.3. The molecule has 0 aliphatic heterocycles. The number of halogens is 1. The van der Waals surface area contributed by atoms with Crippen molar-refractivity contribution in [2.24, 2.45) is 0 Å².